The molecule has 3 nitrogen and oxygen atoms in total. The Kier molecular flexibility index (Phi) is 3.53. The molecule has 1 rings (SSSR count). The quantitative estimate of drug-likeness (QED) is 0.583. The van der Waals surface area contributed by atoms with Crippen LogP contribution in [-0.2, 0) is 4.79 Å². The van der Waals surface area contributed by atoms with Gasteiger partial charge in [-0.05, 0) is 24.3 Å². The first-order valence-electron chi connectivity index (χ1n) is 4.07. The Morgan fingerprint density at radius 1 is 1.50 bits per heavy atom. The smallest absolute Gasteiger partial charge is 0.256 e. The summed E-state index contributed by atoms with van der Waals surface area (Å²) < 4.78 is 4.98. The third-order valence-electron chi connectivity index (χ3n) is 1.59. The van der Waals surface area contributed by atoms with E-state index in [0.29, 0.717) is 5.69 Å². The fraction of sp³-hybridized carbons (Fsp3) is 0.0909. The molecule has 1 aromatic rings. The van der Waals surface area contributed by atoms with E-state index in [1.165, 1.54) is 6.08 Å². The molecule has 0 fully saturated rings. The monoisotopic (exact) mass is 189 g/mol. The summed E-state index contributed by atoms with van der Waals surface area (Å²) in [5, 5.41) is 2.64. The second kappa shape index (κ2) is 4.90. The van der Waals surface area contributed by atoms with Crippen molar-refractivity contribution in [2.45, 2.75) is 0 Å². The third kappa shape index (κ3) is 2.81. The van der Waals surface area contributed by atoms with Gasteiger partial charge in [-0.2, -0.15) is 0 Å². The first-order chi connectivity index (χ1) is 6.76. The first-order valence-corrected chi connectivity index (χ1v) is 4.07. The molecule has 0 heterocycles. The number of carbonyl (C=O) groups excluding carboxylic acids is 1. The van der Waals surface area contributed by atoms with Crippen molar-refractivity contribution in [1.82, 2.24) is 0 Å². The predicted molar refractivity (Wildman–Crippen MR) is 55.3 cm³/mol. The summed E-state index contributed by atoms with van der Waals surface area (Å²) >= 11 is 0. The Morgan fingerprint density at radius 3 is 2.64 bits per heavy atom. The van der Waals surface area contributed by atoms with E-state index < -0.39 is 0 Å². The van der Waals surface area contributed by atoms with Crippen molar-refractivity contribution in [3.8, 4) is 5.75 Å². The van der Waals surface area contributed by atoms with E-state index in [1.807, 2.05) is 0 Å². The molecule has 1 N–H and O–H groups in total. The van der Waals surface area contributed by atoms with E-state index in [1.54, 1.807) is 31.4 Å². The van der Waals surface area contributed by atoms with E-state index in [2.05, 4.69) is 17.6 Å². The molecule has 0 aromatic heterocycles. The normalized spacial score (nSPS) is 8.64. The van der Waals surface area contributed by atoms with Gasteiger partial charge in [-0.15, -0.1) is 5.73 Å². The van der Waals surface area contributed by atoms with Crippen LogP contribution in [-0.4, -0.2) is 13.0 Å². The number of ether oxygens (including phenoxy) is 1. The Bertz CT molecular complexity index is 361. The molecule has 0 aliphatic heterocycles. The van der Waals surface area contributed by atoms with Gasteiger partial charge >= 0.3 is 0 Å². The molecule has 0 unspecified atom stereocenters. The molecule has 0 bridgehead atoms. The lowest BCUT2D eigenvalue weighted by molar-refractivity contribution is -0.111. The van der Waals surface area contributed by atoms with Gasteiger partial charge in [0.15, 0.2) is 0 Å². The van der Waals surface area contributed by atoms with Crippen molar-refractivity contribution in [3.05, 3.63) is 42.7 Å². The summed E-state index contributed by atoms with van der Waals surface area (Å²) in [6.07, 6.45) is 1.24. The van der Waals surface area contributed by atoms with Gasteiger partial charge in [0.2, 0.25) is 0 Å². The highest BCUT2D eigenvalue weighted by Gasteiger charge is 1.96. The van der Waals surface area contributed by atoms with Gasteiger partial charge in [-0.25, -0.2) is 0 Å². The van der Waals surface area contributed by atoms with E-state index in [-0.39, 0.29) is 5.91 Å². The van der Waals surface area contributed by atoms with Crippen LogP contribution < -0.4 is 10.1 Å². The molecule has 14 heavy (non-hydrogen) atoms. The Morgan fingerprint density at radius 2 is 2.14 bits per heavy atom. The number of amides is 1. The van der Waals surface area contributed by atoms with Gasteiger partial charge in [-0.3, -0.25) is 4.79 Å². The molecule has 72 valence electrons. The van der Waals surface area contributed by atoms with Crippen LogP contribution in [0.15, 0.2) is 42.7 Å². The minimum absolute atomic E-state index is 0.245. The summed E-state index contributed by atoms with van der Waals surface area (Å²) in [4.78, 5) is 11.1. The lowest BCUT2D eigenvalue weighted by Gasteiger charge is -2.02. The van der Waals surface area contributed by atoms with Gasteiger partial charge in [0, 0.05) is 11.8 Å². The zero-order valence-electron chi connectivity index (χ0n) is 7.91. The number of rotatable bonds is 3. The number of methoxy groups -OCH3 is 1. The topological polar surface area (TPSA) is 38.3 Å². The second-order valence-electron chi connectivity index (χ2n) is 2.57. The Labute approximate surface area is 82.7 Å². The minimum Gasteiger partial charge on any atom is -0.497 e. The van der Waals surface area contributed by atoms with Crippen LogP contribution in [0.25, 0.3) is 0 Å². The molecular formula is C11H11NO2. The molecule has 0 atom stereocenters. The predicted octanol–water partition coefficient (Wildman–Crippen LogP) is 1.97. The van der Waals surface area contributed by atoms with Crippen LogP contribution in [0.2, 0.25) is 0 Å². The zero-order valence-corrected chi connectivity index (χ0v) is 7.91. The summed E-state index contributed by atoms with van der Waals surface area (Å²) in [7, 11) is 1.59. The Hall–Kier alpha value is -1.99. The van der Waals surface area contributed by atoms with Crippen LogP contribution in [0, 0.1) is 0 Å². The maximum atomic E-state index is 11.1. The maximum absolute atomic E-state index is 11.1. The average Bonchev–Trinajstić information content (AvgIpc) is 2.19. The highest BCUT2D eigenvalue weighted by Crippen LogP contribution is 2.14. The third-order valence-corrected chi connectivity index (χ3v) is 1.59. The van der Waals surface area contributed by atoms with Gasteiger partial charge < -0.3 is 10.1 Å². The summed E-state index contributed by atoms with van der Waals surface area (Å²) in [5.74, 6) is 0.507. The van der Waals surface area contributed by atoms with Crippen molar-refractivity contribution in [1.29, 1.82) is 0 Å². The molecule has 3 heteroatoms. The van der Waals surface area contributed by atoms with E-state index in [9.17, 15) is 4.79 Å². The van der Waals surface area contributed by atoms with Gasteiger partial charge in [0.05, 0.1) is 7.11 Å². The van der Waals surface area contributed by atoms with Crippen molar-refractivity contribution in [2.75, 3.05) is 12.4 Å². The molecule has 1 amide bonds. The molecule has 0 spiro atoms. The standard InChI is InChI=1S/C11H11NO2/c1-3-4-11(13)12-9-5-7-10(14-2)8-6-9/h4-8H,1H2,2H3,(H,12,13). The second-order valence-corrected chi connectivity index (χ2v) is 2.57. The number of hydrogen-bond donors (Lipinski definition) is 1. The highest BCUT2D eigenvalue weighted by atomic mass is 16.5. The first kappa shape index (κ1) is 10.1. The SMILES string of the molecule is C=C=CC(=O)Nc1ccc(OC)cc1. The summed E-state index contributed by atoms with van der Waals surface area (Å²) in [6, 6.07) is 7.06. The fourth-order valence-electron chi connectivity index (χ4n) is 0.945. The zero-order chi connectivity index (χ0) is 10.4. The number of carbonyl (C=O) groups is 1. The van der Waals surface area contributed by atoms with Crippen LogP contribution in [0.5, 0.6) is 5.75 Å². The van der Waals surface area contributed by atoms with Crippen molar-refractivity contribution >= 4 is 11.6 Å². The van der Waals surface area contributed by atoms with E-state index in [4.69, 9.17) is 4.74 Å². The maximum Gasteiger partial charge on any atom is 0.256 e. The van der Waals surface area contributed by atoms with Crippen LogP contribution in [0.4, 0.5) is 5.69 Å². The van der Waals surface area contributed by atoms with Gasteiger partial charge in [-0.1, -0.05) is 6.58 Å². The molecule has 0 radical (unpaired) electrons. The molecule has 1 aromatic carbocycles. The average molecular weight is 189 g/mol. The van der Waals surface area contributed by atoms with E-state index >= 15 is 0 Å². The summed E-state index contributed by atoms with van der Waals surface area (Å²) in [5.41, 5.74) is 3.11. The summed E-state index contributed by atoms with van der Waals surface area (Å²) in [6.45, 7) is 3.31. The number of nitrogens with one attached hydrogen (secondary N) is 1. The lowest BCUT2D eigenvalue weighted by Crippen LogP contribution is -2.06. The molecule has 0 aliphatic carbocycles. The fourth-order valence-corrected chi connectivity index (χ4v) is 0.945. The van der Waals surface area contributed by atoms with Crippen LogP contribution in [0.1, 0.15) is 0 Å². The molecular weight excluding hydrogens is 178 g/mol. The van der Waals surface area contributed by atoms with Crippen molar-refractivity contribution in [2.24, 2.45) is 0 Å². The molecule has 0 saturated heterocycles. The van der Waals surface area contributed by atoms with Gasteiger partial charge in [0.1, 0.15) is 5.75 Å². The molecule has 0 saturated carbocycles. The van der Waals surface area contributed by atoms with Crippen molar-refractivity contribution < 1.29 is 9.53 Å². The van der Waals surface area contributed by atoms with Crippen molar-refractivity contribution in [3.63, 3.8) is 0 Å². The Balaban J connectivity index is 2.68. The highest BCUT2D eigenvalue weighted by molar-refractivity contribution is 5.99. The molecule has 0 aliphatic rings. The number of anilines is 1. The number of benzene rings is 1. The number of hydrogen-bond acceptors (Lipinski definition) is 2. The van der Waals surface area contributed by atoms with E-state index in [0.717, 1.165) is 5.75 Å². The lowest BCUT2D eigenvalue weighted by atomic mass is 10.3. The largest absolute Gasteiger partial charge is 0.497 e. The minimum atomic E-state index is -0.245. The van der Waals surface area contributed by atoms with Crippen LogP contribution in [0.3, 0.4) is 0 Å². The van der Waals surface area contributed by atoms with Crippen LogP contribution >= 0.6 is 0 Å². The van der Waals surface area contributed by atoms with Gasteiger partial charge in [0.25, 0.3) is 5.91 Å².